The molecular weight excluding hydrogens is 479 g/mol. The molecule has 5 atom stereocenters. The van der Waals surface area contributed by atoms with Crippen LogP contribution in [0.1, 0.15) is 54.4 Å². The third kappa shape index (κ3) is 4.57. The monoisotopic (exact) mass is 514 g/mol. The summed E-state index contributed by atoms with van der Waals surface area (Å²) in [6.07, 6.45) is 1.93. The maximum atomic E-state index is 15.5. The van der Waals surface area contributed by atoms with Gasteiger partial charge in [0.25, 0.3) is 5.91 Å². The van der Waals surface area contributed by atoms with E-state index in [4.69, 9.17) is 0 Å². The Bertz CT molecular complexity index is 1040. The van der Waals surface area contributed by atoms with Gasteiger partial charge in [0.1, 0.15) is 12.3 Å². The molecule has 0 bridgehead atoms. The Kier molecular flexibility index (Phi) is 7.42. The van der Waals surface area contributed by atoms with E-state index in [2.05, 4.69) is 22.1 Å². The second-order valence-electron chi connectivity index (χ2n) is 10.4. The van der Waals surface area contributed by atoms with Gasteiger partial charge in [-0.1, -0.05) is 12.8 Å². The third-order valence-corrected chi connectivity index (χ3v) is 9.21. The Balaban J connectivity index is 1.38. The molecule has 3 heterocycles. The number of hydrogen-bond donors (Lipinski definition) is 3. The first-order valence-corrected chi connectivity index (χ1v) is 14.2. The Morgan fingerprint density at radius 1 is 1.31 bits per heavy atom. The van der Waals surface area contributed by atoms with Crippen molar-refractivity contribution in [3.05, 3.63) is 29.3 Å². The third-order valence-electron chi connectivity index (χ3n) is 8.27. The standard InChI is InChI=1S/C26H35FN6O2S/c1-17-16-18(5-6-19(17)25(35)32-12-14-36-15-13-32)30-23-22-20(7-11-29-24(22)34)33(31-23)26(9-10-28)8-3-2-4-21(26)27/h5-6,16,20-23,30-31H,2-4,7-9,11-15H2,1H3,(H,29,34)/t20?,21-,22?,23?,26-/m1/s1. The van der Waals surface area contributed by atoms with Crippen LogP contribution in [0.2, 0.25) is 0 Å². The van der Waals surface area contributed by atoms with Crippen molar-refractivity contribution in [2.24, 2.45) is 5.92 Å². The predicted molar refractivity (Wildman–Crippen MR) is 138 cm³/mol. The first kappa shape index (κ1) is 25.3. The summed E-state index contributed by atoms with van der Waals surface area (Å²) in [7, 11) is 0. The number of fused-ring (bicyclic) bond motifs is 1. The van der Waals surface area contributed by atoms with Crippen molar-refractivity contribution in [3.63, 3.8) is 0 Å². The van der Waals surface area contributed by atoms with Crippen molar-refractivity contribution < 1.29 is 14.0 Å². The maximum Gasteiger partial charge on any atom is 0.254 e. The minimum Gasteiger partial charge on any atom is -0.368 e. The van der Waals surface area contributed by atoms with E-state index < -0.39 is 23.8 Å². The number of amides is 2. The van der Waals surface area contributed by atoms with Crippen LogP contribution in [0.3, 0.4) is 0 Å². The minimum absolute atomic E-state index is 0.0565. The van der Waals surface area contributed by atoms with Crippen LogP contribution < -0.4 is 16.1 Å². The van der Waals surface area contributed by atoms with Gasteiger partial charge >= 0.3 is 0 Å². The number of alkyl halides is 1. The molecule has 4 fully saturated rings. The Hall–Kier alpha value is -2.35. The number of nitrogens with zero attached hydrogens (tertiary/aromatic N) is 3. The van der Waals surface area contributed by atoms with Crippen LogP contribution in [-0.4, -0.2) is 76.8 Å². The summed E-state index contributed by atoms with van der Waals surface area (Å²) >= 11 is 1.87. The highest BCUT2D eigenvalue weighted by atomic mass is 32.2. The van der Waals surface area contributed by atoms with Gasteiger partial charge in [0.05, 0.1) is 23.9 Å². The molecular formula is C26H35FN6O2S. The topological polar surface area (TPSA) is 100 Å². The molecule has 0 spiro atoms. The van der Waals surface area contributed by atoms with Gasteiger partial charge in [-0.2, -0.15) is 17.0 Å². The Morgan fingerprint density at radius 3 is 2.83 bits per heavy atom. The van der Waals surface area contributed by atoms with Gasteiger partial charge in [-0.25, -0.2) is 14.8 Å². The zero-order valence-corrected chi connectivity index (χ0v) is 21.6. The smallest absolute Gasteiger partial charge is 0.254 e. The predicted octanol–water partition coefficient (Wildman–Crippen LogP) is 2.81. The zero-order valence-electron chi connectivity index (χ0n) is 20.8. The number of carbonyl (C=O) groups excluding carboxylic acids is 2. The number of nitriles is 1. The van der Waals surface area contributed by atoms with Gasteiger partial charge in [-0.3, -0.25) is 9.59 Å². The lowest BCUT2D eigenvalue weighted by Crippen LogP contribution is -2.63. The normalized spacial score (nSPS) is 32.9. The summed E-state index contributed by atoms with van der Waals surface area (Å²) in [4.78, 5) is 27.9. The number of anilines is 1. The van der Waals surface area contributed by atoms with Gasteiger partial charge < -0.3 is 15.5 Å². The molecule has 2 amide bonds. The summed E-state index contributed by atoms with van der Waals surface area (Å²) in [6.45, 7) is 4.00. The molecule has 4 aliphatic rings. The van der Waals surface area contributed by atoms with Crippen molar-refractivity contribution in [1.29, 1.82) is 5.26 Å². The molecule has 1 aromatic carbocycles. The fourth-order valence-electron chi connectivity index (χ4n) is 6.37. The van der Waals surface area contributed by atoms with Crippen LogP contribution in [0.5, 0.6) is 0 Å². The van der Waals surface area contributed by atoms with Gasteiger partial charge in [-0.15, -0.1) is 0 Å². The summed E-state index contributed by atoms with van der Waals surface area (Å²) in [5.41, 5.74) is 4.87. The molecule has 3 aliphatic heterocycles. The number of carbonyl (C=O) groups is 2. The van der Waals surface area contributed by atoms with E-state index in [1.165, 1.54) is 0 Å². The summed E-state index contributed by atoms with van der Waals surface area (Å²) in [5, 5.41) is 18.0. The zero-order chi connectivity index (χ0) is 25.3. The molecule has 3 N–H and O–H groups in total. The molecule has 10 heteroatoms. The fraction of sp³-hybridized carbons (Fsp3) is 0.654. The van der Waals surface area contributed by atoms with Gasteiger partial charge in [0.15, 0.2) is 0 Å². The molecule has 1 saturated carbocycles. The second-order valence-corrected chi connectivity index (χ2v) is 11.6. The molecule has 0 radical (unpaired) electrons. The summed E-state index contributed by atoms with van der Waals surface area (Å²) in [5.74, 6) is 1.50. The molecule has 3 saturated heterocycles. The number of hydrogen-bond acceptors (Lipinski definition) is 7. The number of hydrazine groups is 1. The Morgan fingerprint density at radius 2 is 2.11 bits per heavy atom. The Labute approximate surface area is 216 Å². The summed E-state index contributed by atoms with van der Waals surface area (Å²) < 4.78 is 15.5. The second kappa shape index (κ2) is 10.6. The number of nitrogens with one attached hydrogen (secondary N) is 3. The highest BCUT2D eigenvalue weighted by Gasteiger charge is 2.57. The maximum absolute atomic E-state index is 15.5. The van der Waals surface area contributed by atoms with E-state index in [1.54, 1.807) is 0 Å². The van der Waals surface area contributed by atoms with Crippen molar-refractivity contribution >= 4 is 29.3 Å². The van der Waals surface area contributed by atoms with Crippen LogP contribution in [0.4, 0.5) is 10.1 Å². The van der Waals surface area contributed by atoms with Crippen molar-refractivity contribution in [3.8, 4) is 6.07 Å². The highest BCUT2D eigenvalue weighted by Crippen LogP contribution is 2.44. The lowest BCUT2D eigenvalue weighted by Gasteiger charge is -2.48. The van der Waals surface area contributed by atoms with Crippen molar-refractivity contribution in [1.82, 2.24) is 20.7 Å². The largest absolute Gasteiger partial charge is 0.368 e. The number of rotatable bonds is 5. The number of thioether (sulfide) groups is 1. The van der Waals surface area contributed by atoms with E-state index in [-0.39, 0.29) is 24.3 Å². The van der Waals surface area contributed by atoms with E-state index in [1.807, 2.05) is 46.8 Å². The van der Waals surface area contributed by atoms with E-state index >= 15 is 4.39 Å². The van der Waals surface area contributed by atoms with E-state index in [0.717, 1.165) is 48.7 Å². The van der Waals surface area contributed by atoms with Crippen LogP contribution in [0.25, 0.3) is 0 Å². The minimum atomic E-state index is -1.12. The average Bonchev–Trinajstić information content (AvgIpc) is 3.26. The summed E-state index contributed by atoms with van der Waals surface area (Å²) in [6, 6.07) is 7.70. The van der Waals surface area contributed by atoms with Gasteiger partial charge in [0.2, 0.25) is 5.91 Å². The number of benzene rings is 1. The van der Waals surface area contributed by atoms with Crippen LogP contribution in [-0.2, 0) is 4.79 Å². The van der Waals surface area contributed by atoms with Crippen LogP contribution in [0.15, 0.2) is 18.2 Å². The molecule has 1 aliphatic carbocycles. The van der Waals surface area contributed by atoms with Crippen LogP contribution in [0, 0.1) is 24.2 Å². The molecule has 1 aromatic rings. The number of aryl methyl sites for hydroxylation is 1. The number of piperidine rings is 1. The first-order valence-electron chi connectivity index (χ1n) is 13.0. The molecule has 3 unspecified atom stereocenters. The van der Waals surface area contributed by atoms with Crippen molar-refractivity contribution in [2.75, 3.05) is 36.5 Å². The molecule has 5 rings (SSSR count). The first-order chi connectivity index (χ1) is 17.4. The van der Waals surface area contributed by atoms with E-state index in [9.17, 15) is 14.9 Å². The molecule has 36 heavy (non-hydrogen) atoms. The van der Waals surface area contributed by atoms with Crippen LogP contribution >= 0.6 is 11.8 Å². The quantitative estimate of drug-likeness (QED) is 0.556. The molecule has 8 nitrogen and oxygen atoms in total. The lowest BCUT2D eigenvalue weighted by molar-refractivity contribution is -0.129. The number of halogens is 1. The highest BCUT2D eigenvalue weighted by molar-refractivity contribution is 7.99. The van der Waals surface area contributed by atoms with E-state index in [0.29, 0.717) is 31.4 Å². The molecule has 194 valence electrons. The fourth-order valence-corrected chi connectivity index (χ4v) is 7.27. The molecule has 0 aromatic heterocycles. The SMILES string of the molecule is Cc1cc(NC2NN([C@@]3(CC#N)CCCC[C@H]3F)C3CCNC(=O)C23)ccc1C(=O)N1CCSCC1. The van der Waals surface area contributed by atoms with Gasteiger partial charge in [0, 0.05) is 48.4 Å². The lowest BCUT2D eigenvalue weighted by atomic mass is 9.76. The average molecular weight is 515 g/mol. The van der Waals surface area contributed by atoms with Crippen molar-refractivity contribution in [2.45, 2.75) is 69.4 Å². The van der Waals surface area contributed by atoms with Gasteiger partial charge in [-0.05, 0) is 49.9 Å².